The smallest absolute Gasteiger partial charge is 0.335 e. The summed E-state index contributed by atoms with van der Waals surface area (Å²) in [5.74, 6) is -3.07. The van der Waals surface area contributed by atoms with Gasteiger partial charge in [-0.1, -0.05) is 265 Å². The van der Waals surface area contributed by atoms with Gasteiger partial charge in [0, 0.05) is 19.3 Å². The van der Waals surface area contributed by atoms with Gasteiger partial charge in [0.15, 0.2) is 24.6 Å². The van der Waals surface area contributed by atoms with Crippen molar-refractivity contribution in [1.82, 2.24) is 0 Å². The Morgan fingerprint density at radius 3 is 1.06 bits per heavy atom. The first-order chi connectivity index (χ1) is 34.6. The monoisotopic (exact) mass is 1010 g/mol. The minimum absolute atomic E-state index is 0.0707. The van der Waals surface area contributed by atoms with Gasteiger partial charge in [-0.25, -0.2) is 4.79 Å². The highest BCUT2D eigenvalue weighted by molar-refractivity contribution is 5.74. The second-order valence-electron chi connectivity index (χ2n) is 21.0. The summed E-state index contributed by atoms with van der Waals surface area (Å²) >= 11 is 0. The number of unbranched alkanes of at least 4 members (excludes halogenated alkanes) is 38. The van der Waals surface area contributed by atoms with Gasteiger partial charge in [0.25, 0.3) is 0 Å². The Kier molecular flexibility index (Phi) is 45.7. The summed E-state index contributed by atoms with van der Waals surface area (Å²) in [6.07, 6.45) is 39.2. The SMILES string of the molecule is CCCCCCCCCCCCCCCCCC(=O)OC1C(OCC(COC(=O)CCCCCCCCCCCCCCC)OC(=O)CCCCCCCCCCCCCCC)OC(C(=O)O)C(O)C1O. The molecular weight excluding hydrogens is 901 g/mol. The molecule has 0 aromatic heterocycles. The highest BCUT2D eigenvalue weighted by atomic mass is 16.7. The van der Waals surface area contributed by atoms with E-state index in [1.165, 1.54) is 186 Å². The summed E-state index contributed by atoms with van der Waals surface area (Å²) in [5, 5.41) is 31.5. The van der Waals surface area contributed by atoms with Crippen LogP contribution in [0, 0.1) is 0 Å². The van der Waals surface area contributed by atoms with Crippen LogP contribution in [0.1, 0.15) is 303 Å². The van der Waals surface area contributed by atoms with Crippen molar-refractivity contribution < 1.29 is 58.2 Å². The molecule has 0 bridgehead atoms. The van der Waals surface area contributed by atoms with Gasteiger partial charge in [-0.2, -0.15) is 0 Å². The zero-order valence-electron chi connectivity index (χ0n) is 46.0. The van der Waals surface area contributed by atoms with Crippen LogP contribution in [-0.2, 0) is 42.9 Å². The number of ether oxygens (including phenoxy) is 5. The van der Waals surface area contributed by atoms with Crippen molar-refractivity contribution in [3.05, 3.63) is 0 Å². The number of carbonyl (C=O) groups excluding carboxylic acids is 3. The van der Waals surface area contributed by atoms with E-state index in [4.69, 9.17) is 23.7 Å². The third-order valence-corrected chi connectivity index (χ3v) is 14.2. The van der Waals surface area contributed by atoms with E-state index in [0.717, 1.165) is 57.8 Å². The number of carboxylic acid groups (broad SMARTS) is 1. The Morgan fingerprint density at radius 1 is 0.408 bits per heavy atom. The fourth-order valence-electron chi connectivity index (χ4n) is 9.55. The molecule has 6 atom stereocenters. The lowest BCUT2D eigenvalue weighted by molar-refractivity contribution is -0.301. The van der Waals surface area contributed by atoms with E-state index in [2.05, 4.69) is 20.8 Å². The summed E-state index contributed by atoms with van der Waals surface area (Å²) < 4.78 is 28.5. The first-order valence-corrected chi connectivity index (χ1v) is 30.0. The second-order valence-corrected chi connectivity index (χ2v) is 21.0. The minimum Gasteiger partial charge on any atom is -0.479 e. The Hall–Kier alpha value is -2.28. The molecule has 0 radical (unpaired) electrons. The van der Waals surface area contributed by atoms with E-state index < -0.39 is 67.3 Å². The number of carboxylic acids is 1. The summed E-state index contributed by atoms with van der Waals surface area (Å²) in [7, 11) is 0. The Morgan fingerprint density at radius 2 is 0.718 bits per heavy atom. The zero-order chi connectivity index (χ0) is 51.8. The van der Waals surface area contributed by atoms with E-state index in [1.807, 2.05) is 0 Å². The molecule has 418 valence electrons. The van der Waals surface area contributed by atoms with Gasteiger partial charge in [0.05, 0.1) is 6.61 Å². The van der Waals surface area contributed by atoms with Gasteiger partial charge < -0.3 is 39.0 Å². The van der Waals surface area contributed by atoms with Crippen LogP contribution in [0.2, 0.25) is 0 Å². The van der Waals surface area contributed by atoms with E-state index in [0.29, 0.717) is 19.3 Å². The summed E-state index contributed by atoms with van der Waals surface area (Å²) in [4.78, 5) is 51.1. The first kappa shape index (κ1) is 66.7. The maximum absolute atomic E-state index is 13.1. The lowest BCUT2D eigenvalue weighted by Gasteiger charge is -2.40. The molecule has 12 heteroatoms. The van der Waals surface area contributed by atoms with Crippen molar-refractivity contribution in [2.75, 3.05) is 13.2 Å². The molecule has 12 nitrogen and oxygen atoms in total. The summed E-state index contributed by atoms with van der Waals surface area (Å²) in [5.41, 5.74) is 0. The number of rotatable bonds is 52. The lowest BCUT2D eigenvalue weighted by atomic mass is 9.98. The molecule has 1 heterocycles. The fourth-order valence-corrected chi connectivity index (χ4v) is 9.55. The predicted molar refractivity (Wildman–Crippen MR) is 285 cm³/mol. The molecule has 71 heavy (non-hydrogen) atoms. The number of carbonyl (C=O) groups is 4. The molecule has 1 aliphatic rings. The van der Waals surface area contributed by atoms with Gasteiger partial charge in [-0.05, 0) is 19.3 Å². The maximum Gasteiger partial charge on any atom is 0.335 e. The maximum atomic E-state index is 13.1. The van der Waals surface area contributed by atoms with E-state index in [-0.39, 0.29) is 25.9 Å². The Labute approximate surface area is 433 Å². The molecule has 0 aliphatic carbocycles. The largest absolute Gasteiger partial charge is 0.479 e. The molecule has 6 unspecified atom stereocenters. The molecule has 1 rings (SSSR count). The highest BCUT2D eigenvalue weighted by Gasteiger charge is 2.50. The highest BCUT2D eigenvalue weighted by Crippen LogP contribution is 2.27. The van der Waals surface area contributed by atoms with Crippen LogP contribution >= 0.6 is 0 Å². The van der Waals surface area contributed by atoms with Crippen molar-refractivity contribution in [3.63, 3.8) is 0 Å². The van der Waals surface area contributed by atoms with Crippen LogP contribution in [0.15, 0.2) is 0 Å². The molecule has 0 saturated carbocycles. The van der Waals surface area contributed by atoms with Gasteiger partial charge in [-0.3, -0.25) is 14.4 Å². The van der Waals surface area contributed by atoms with Crippen LogP contribution in [0.5, 0.6) is 0 Å². The number of aliphatic hydroxyl groups is 2. The number of hydrogen-bond acceptors (Lipinski definition) is 11. The quantitative estimate of drug-likeness (QED) is 0.0299. The lowest BCUT2D eigenvalue weighted by Crippen LogP contribution is -2.61. The molecule has 1 fully saturated rings. The molecule has 3 N–H and O–H groups in total. The number of hydrogen-bond donors (Lipinski definition) is 3. The van der Waals surface area contributed by atoms with E-state index >= 15 is 0 Å². The molecule has 1 aliphatic heterocycles. The minimum atomic E-state index is -1.89. The van der Waals surface area contributed by atoms with Crippen molar-refractivity contribution in [2.24, 2.45) is 0 Å². The third-order valence-electron chi connectivity index (χ3n) is 14.2. The van der Waals surface area contributed by atoms with E-state index in [1.54, 1.807) is 0 Å². The van der Waals surface area contributed by atoms with Gasteiger partial charge >= 0.3 is 23.9 Å². The molecule has 0 aromatic rings. The van der Waals surface area contributed by atoms with E-state index in [9.17, 15) is 34.5 Å². The van der Waals surface area contributed by atoms with Crippen LogP contribution in [0.25, 0.3) is 0 Å². The van der Waals surface area contributed by atoms with Crippen LogP contribution < -0.4 is 0 Å². The molecule has 0 aromatic carbocycles. The fraction of sp³-hybridized carbons (Fsp3) is 0.932. The standard InChI is InChI=1S/C59H110O12/c1-4-7-10-13-16-19-22-25-26-29-32-35-38-41-44-47-53(62)70-57-55(64)54(63)56(58(65)66)71-59(57)68-49-50(69-52(61)46-43-40-37-34-31-28-24-21-18-15-12-9-6-3)48-67-51(60)45-42-39-36-33-30-27-23-20-17-14-11-8-5-2/h50,54-57,59,63-64H,4-49H2,1-3H3,(H,65,66). The number of esters is 3. The number of aliphatic hydroxyl groups excluding tert-OH is 2. The zero-order valence-corrected chi connectivity index (χ0v) is 46.0. The van der Waals surface area contributed by atoms with Crippen LogP contribution in [0.4, 0.5) is 0 Å². The molecule has 0 amide bonds. The van der Waals surface area contributed by atoms with Crippen LogP contribution in [-0.4, -0.2) is 89.2 Å². The number of aliphatic carboxylic acids is 1. The van der Waals surface area contributed by atoms with Crippen LogP contribution in [0.3, 0.4) is 0 Å². The third kappa shape index (κ3) is 38.9. The van der Waals surface area contributed by atoms with Crippen molar-refractivity contribution >= 4 is 23.9 Å². The van der Waals surface area contributed by atoms with Crippen molar-refractivity contribution in [3.8, 4) is 0 Å². The molecular formula is C59H110O12. The molecule has 0 spiro atoms. The second kappa shape index (κ2) is 48.6. The average molecular weight is 1010 g/mol. The topological polar surface area (TPSA) is 175 Å². The average Bonchev–Trinajstić information content (AvgIpc) is 3.35. The van der Waals surface area contributed by atoms with Gasteiger partial charge in [0.2, 0.25) is 0 Å². The summed E-state index contributed by atoms with van der Waals surface area (Å²) in [6.45, 7) is 6.03. The van der Waals surface area contributed by atoms with Crippen molar-refractivity contribution in [1.29, 1.82) is 0 Å². The van der Waals surface area contributed by atoms with Gasteiger partial charge in [0.1, 0.15) is 18.8 Å². The normalized spacial score (nSPS) is 18.4. The molecule has 1 saturated heterocycles. The van der Waals surface area contributed by atoms with Crippen molar-refractivity contribution in [2.45, 2.75) is 340 Å². The first-order valence-electron chi connectivity index (χ1n) is 30.0. The summed E-state index contributed by atoms with van der Waals surface area (Å²) in [6, 6.07) is 0. The predicted octanol–water partition coefficient (Wildman–Crippen LogP) is 15.1. The van der Waals surface area contributed by atoms with Gasteiger partial charge in [-0.15, -0.1) is 0 Å². The Bertz CT molecular complexity index is 1250. The Balaban J connectivity index is 2.66.